The Morgan fingerprint density at radius 3 is 2.58 bits per heavy atom. The van der Waals surface area contributed by atoms with Crippen molar-refractivity contribution in [2.24, 2.45) is 5.92 Å². The van der Waals surface area contributed by atoms with E-state index in [9.17, 15) is 12.8 Å². The van der Waals surface area contributed by atoms with Crippen molar-refractivity contribution in [3.63, 3.8) is 0 Å². The van der Waals surface area contributed by atoms with Gasteiger partial charge in [0.25, 0.3) is 10.1 Å². The standard InChI is InChI=1S/C20H24FNO3S/c1-26(23,24)25-15-18-14-22(13-16-5-3-2-4-6-16)12-11-20(18)17-7-9-19(21)10-8-17/h2-10,18,20H,11-15H2,1H3/t18-,20-/m0/s1/i12D2,15D2. The second-order valence-corrected chi connectivity index (χ2v) is 7.97. The van der Waals surface area contributed by atoms with Crippen LogP contribution in [-0.2, 0) is 20.8 Å². The van der Waals surface area contributed by atoms with Crippen molar-refractivity contribution in [1.29, 1.82) is 0 Å². The Morgan fingerprint density at radius 2 is 1.92 bits per heavy atom. The van der Waals surface area contributed by atoms with Crippen LogP contribution in [0.25, 0.3) is 0 Å². The molecule has 1 fully saturated rings. The number of piperidine rings is 1. The van der Waals surface area contributed by atoms with Gasteiger partial charge in [0.15, 0.2) is 0 Å². The molecule has 0 spiro atoms. The van der Waals surface area contributed by atoms with Crippen LogP contribution in [0.5, 0.6) is 0 Å². The zero-order valence-corrected chi connectivity index (χ0v) is 15.2. The van der Waals surface area contributed by atoms with Crippen LogP contribution in [-0.4, -0.2) is 39.2 Å². The largest absolute Gasteiger partial charge is 0.299 e. The molecule has 2 aromatic rings. The summed E-state index contributed by atoms with van der Waals surface area (Å²) in [6.07, 6.45) is 0.685. The normalized spacial score (nSPS) is 26.4. The van der Waals surface area contributed by atoms with Crippen LogP contribution in [0.3, 0.4) is 0 Å². The molecule has 6 heteroatoms. The van der Waals surface area contributed by atoms with Gasteiger partial charge in [0.1, 0.15) is 5.82 Å². The monoisotopic (exact) mass is 381 g/mol. The lowest BCUT2D eigenvalue weighted by molar-refractivity contribution is 0.109. The number of rotatable bonds is 6. The third kappa shape index (κ3) is 5.37. The Morgan fingerprint density at radius 1 is 1.23 bits per heavy atom. The van der Waals surface area contributed by atoms with Crippen LogP contribution in [0, 0.1) is 11.7 Å². The van der Waals surface area contributed by atoms with Gasteiger partial charge in [0.2, 0.25) is 0 Å². The van der Waals surface area contributed by atoms with E-state index in [1.54, 1.807) is 0 Å². The Hall–Kier alpha value is -1.76. The maximum absolute atomic E-state index is 13.4. The molecule has 0 amide bonds. The molecular formula is C20H24FNO3S. The fraction of sp³-hybridized carbons (Fsp3) is 0.400. The highest BCUT2D eigenvalue weighted by molar-refractivity contribution is 7.85. The van der Waals surface area contributed by atoms with E-state index in [0.29, 0.717) is 5.56 Å². The molecule has 0 aliphatic carbocycles. The number of benzene rings is 2. The molecule has 4 nitrogen and oxygen atoms in total. The van der Waals surface area contributed by atoms with E-state index in [4.69, 9.17) is 9.67 Å². The van der Waals surface area contributed by atoms with Crippen molar-refractivity contribution in [1.82, 2.24) is 4.90 Å². The highest BCUT2D eigenvalue weighted by Gasteiger charge is 2.31. The lowest BCUT2D eigenvalue weighted by Crippen LogP contribution is -2.41. The third-order valence-corrected chi connectivity index (χ3v) is 4.70. The fourth-order valence-electron chi connectivity index (χ4n) is 3.05. The highest BCUT2D eigenvalue weighted by atomic mass is 32.2. The molecule has 1 heterocycles. The van der Waals surface area contributed by atoms with Crippen LogP contribution in [0.15, 0.2) is 54.6 Å². The number of hydrogen-bond donors (Lipinski definition) is 0. The summed E-state index contributed by atoms with van der Waals surface area (Å²) in [4.78, 5) is 1.50. The first kappa shape index (κ1) is 14.3. The van der Waals surface area contributed by atoms with Crippen LogP contribution >= 0.6 is 0 Å². The van der Waals surface area contributed by atoms with Gasteiger partial charge < -0.3 is 0 Å². The summed E-state index contributed by atoms with van der Waals surface area (Å²) >= 11 is 0. The lowest BCUT2D eigenvalue weighted by Gasteiger charge is -2.38. The fourth-order valence-corrected chi connectivity index (χ4v) is 3.35. The van der Waals surface area contributed by atoms with Gasteiger partial charge in [-0.1, -0.05) is 42.5 Å². The minimum absolute atomic E-state index is 0.0769. The summed E-state index contributed by atoms with van der Waals surface area (Å²) in [6.45, 7) is -4.20. The van der Waals surface area contributed by atoms with Gasteiger partial charge in [-0.05, 0) is 42.1 Å². The lowest BCUT2D eigenvalue weighted by atomic mass is 9.81. The van der Waals surface area contributed by atoms with Gasteiger partial charge in [-0.15, -0.1) is 0 Å². The molecule has 26 heavy (non-hydrogen) atoms. The van der Waals surface area contributed by atoms with E-state index in [0.717, 1.165) is 11.8 Å². The molecule has 2 atom stereocenters. The molecule has 1 saturated heterocycles. The second-order valence-electron chi connectivity index (χ2n) is 6.40. The molecule has 0 bridgehead atoms. The van der Waals surface area contributed by atoms with Crippen molar-refractivity contribution in [2.75, 3.05) is 25.9 Å². The van der Waals surface area contributed by atoms with Gasteiger partial charge in [-0.2, -0.15) is 8.42 Å². The SMILES string of the molecule is [2H]C([2H])(OS(C)(=O)=O)[C@@H]1CN(Cc2ccccc2)C([2H])([2H])C[C@H]1c1ccc(F)cc1. The van der Waals surface area contributed by atoms with E-state index < -0.39 is 40.8 Å². The molecule has 3 rings (SSSR count). The van der Waals surface area contributed by atoms with E-state index in [2.05, 4.69) is 0 Å². The van der Waals surface area contributed by atoms with Crippen molar-refractivity contribution >= 4 is 10.1 Å². The van der Waals surface area contributed by atoms with Gasteiger partial charge in [0, 0.05) is 21.7 Å². The Labute approximate surface area is 160 Å². The first-order valence-electron chi connectivity index (χ1n) is 10.3. The van der Waals surface area contributed by atoms with Gasteiger partial charge in [0.05, 0.1) is 15.6 Å². The zero-order chi connectivity index (χ0) is 22.2. The average Bonchev–Trinajstić information content (AvgIpc) is 2.62. The summed E-state index contributed by atoms with van der Waals surface area (Å²) in [7, 11) is -4.10. The van der Waals surface area contributed by atoms with E-state index >= 15 is 0 Å². The van der Waals surface area contributed by atoms with Crippen LogP contribution in [0.4, 0.5) is 4.39 Å². The molecule has 0 saturated carbocycles. The number of nitrogens with zero attached hydrogens (tertiary/aromatic N) is 1. The van der Waals surface area contributed by atoms with E-state index in [-0.39, 0.29) is 19.5 Å². The predicted molar refractivity (Wildman–Crippen MR) is 99.8 cm³/mol. The smallest absolute Gasteiger partial charge is 0.264 e. The zero-order valence-electron chi connectivity index (χ0n) is 18.4. The Bertz CT molecular complexity index is 971. The van der Waals surface area contributed by atoms with Crippen molar-refractivity contribution in [2.45, 2.75) is 18.9 Å². The number of likely N-dealkylation sites (tertiary alicyclic amines) is 1. The molecule has 0 unspecified atom stereocenters. The van der Waals surface area contributed by atoms with Gasteiger partial charge in [-0.3, -0.25) is 9.08 Å². The molecule has 0 N–H and O–H groups in total. The first-order valence-corrected chi connectivity index (χ1v) is 10.1. The maximum Gasteiger partial charge on any atom is 0.264 e. The van der Waals surface area contributed by atoms with Crippen molar-refractivity contribution in [3.8, 4) is 0 Å². The van der Waals surface area contributed by atoms with E-state index in [1.807, 2.05) is 30.3 Å². The minimum atomic E-state index is -4.10. The van der Waals surface area contributed by atoms with E-state index in [1.165, 1.54) is 29.2 Å². The quantitative estimate of drug-likeness (QED) is 0.720. The molecule has 2 aromatic carbocycles. The summed E-state index contributed by atoms with van der Waals surface area (Å²) in [5, 5.41) is 0. The Balaban J connectivity index is 1.98. The highest BCUT2D eigenvalue weighted by Crippen LogP contribution is 2.34. The van der Waals surface area contributed by atoms with Gasteiger partial charge in [-0.25, -0.2) is 4.39 Å². The summed E-state index contributed by atoms with van der Waals surface area (Å²) in [5.74, 6) is -2.16. The molecule has 140 valence electrons. The molecular weight excluding hydrogens is 353 g/mol. The molecule has 1 aliphatic heterocycles. The topological polar surface area (TPSA) is 46.6 Å². The summed E-state index contributed by atoms with van der Waals surface area (Å²) < 4.78 is 75.4. The van der Waals surface area contributed by atoms with Crippen LogP contribution in [0.2, 0.25) is 0 Å². The average molecular weight is 382 g/mol. The van der Waals surface area contributed by atoms with Crippen LogP contribution in [0.1, 0.15) is 28.9 Å². The molecule has 0 radical (unpaired) electrons. The number of halogens is 1. The molecule has 1 aliphatic rings. The third-order valence-electron chi connectivity index (χ3n) is 4.30. The van der Waals surface area contributed by atoms with Gasteiger partial charge >= 0.3 is 0 Å². The number of hydrogen-bond acceptors (Lipinski definition) is 4. The summed E-state index contributed by atoms with van der Waals surface area (Å²) in [6, 6.07) is 14.6. The second kappa shape index (κ2) is 8.29. The predicted octanol–water partition coefficient (Wildman–Crippen LogP) is 3.41. The Kier molecular flexibility index (Phi) is 4.56. The van der Waals surface area contributed by atoms with Crippen molar-refractivity contribution < 1.29 is 22.5 Å². The minimum Gasteiger partial charge on any atom is -0.299 e. The van der Waals surface area contributed by atoms with Crippen LogP contribution < -0.4 is 0 Å². The maximum atomic E-state index is 13.4. The molecule has 0 aromatic heterocycles. The first-order chi connectivity index (χ1) is 13.9. The van der Waals surface area contributed by atoms with Crippen molar-refractivity contribution in [3.05, 3.63) is 71.5 Å². The summed E-state index contributed by atoms with van der Waals surface area (Å²) in [5.41, 5.74) is 1.38.